The van der Waals surface area contributed by atoms with Crippen LogP contribution in [0.2, 0.25) is 0 Å². The zero-order chi connectivity index (χ0) is 28.1. The van der Waals surface area contributed by atoms with E-state index in [-0.39, 0.29) is 18.9 Å². The molecule has 2 rings (SSSR count). The molecule has 0 aliphatic carbocycles. The molecule has 0 fully saturated rings. The molecule has 2 aromatic rings. The maximum absolute atomic E-state index is 13.0. The van der Waals surface area contributed by atoms with Gasteiger partial charge < -0.3 is 30.7 Å². The van der Waals surface area contributed by atoms with E-state index >= 15 is 0 Å². The number of nitrogens with one attached hydrogen (secondary N) is 4. The van der Waals surface area contributed by atoms with Gasteiger partial charge in [0.1, 0.15) is 17.5 Å². The van der Waals surface area contributed by atoms with E-state index in [0.717, 1.165) is 5.56 Å². The molecule has 0 bridgehead atoms. The first-order valence-electron chi connectivity index (χ1n) is 12.6. The summed E-state index contributed by atoms with van der Waals surface area (Å²) in [5.74, 6) is -0.927. The van der Waals surface area contributed by atoms with Gasteiger partial charge in [0.05, 0.1) is 20.3 Å². The fraction of sp³-hybridized carbons (Fsp3) is 0.429. The predicted octanol–water partition coefficient (Wildman–Crippen LogP) is 2.70. The summed E-state index contributed by atoms with van der Waals surface area (Å²) in [5, 5.41) is 10.6. The minimum Gasteiger partial charge on any atom is -0.497 e. The quantitative estimate of drug-likeness (QED) is 0.280. The molecule has 0 aliphatic heterocycles. The number of ether oxygens (including phenoxy) is 2. The Bertz CT molecular complexity index is 1070. The van der Waals surface area contributed by atoms with E-state index in [0.29, 0.717) is 30.0 Å². The van der Waals surface area contributed by atoms with Gasteiger partial charge in [-0.05, 0) is 42.0 Å². The Morgan fingerprint density at radius 1 is 0.789 bits per heavy atom. The fourth-order valence-corrected chi connectivity index (χ4v) is 3.71. The van der Waals surface area contributed by atoms with Gasteiger partial charge in [0, 0.05) is 19.2 Å². The number of hydrogen-bond donors (Lipinski definition) is 4. The number of methoxy groups -OCH3 is 2. The van der Waals surface area contributed by atoms with Crippen LogP contribution in [0.3, 0.4) is 0 Å². The summed E-state index contributed by atoms with van der Waals surface area (Å²) in [6, 6.07) is 12.1. The van der Waals surface area contributed by atoms with Gasteiger partial charge in [-0.2, -0.15) is 0 Å². The molecule has 0 heterocycles. The van der Waals surface area contributed by atoms with Crippen molar-refractivity contribution in [3.8, 4) is 11.5 Å². The standard InChI is InChI=1S/C28H38N4O6/c1-6-23(25(33)27(35)29-17-20-13-21(37-4)15-22(14-20)38-5)31-26(34)24(12-18(2)3)32-28(36)30-16-19-10-8-7-9-11-19/h7-11,13-15,18,23-24H,6,12,16-17H2,1-5H3,(H,29,35)(H,31,34)(H2,30,32,36)/t23?,24-/m0/s1. The van der Waals surface area contributed by atoms with Crippen LogP contribution >= 0.6 is 0 Å². The van der Waals surface area contributed by atoms with Gasteiger partial charge >= 0.3 is 6.03 Å². The first-order chi connectivity index (χ1) is 18.2. The van der Waals surface area contributed by atoms with E-state index in [2.05, 4.69) is 21.3 Å². The molecule has 10 nitrogen and oxygen atoms in total. The number of benzene rings is 2. The minimum absolute atomic E-state index is 0.0711. The number of ketones is 1. The molecule has 4 N–H and O–H groups in total. The van der Waals surface area contributed by atoms with Gasteiger partial charge in [-0.3, -0.25) is 14.4 Å². The molecular weight excluding hydrogens is 488 g/mol. The Morgan fingerprint density at radius 3 is 1.95 bits per heavy atom. The Kier molecular flexibility index (Phi) is 12.1. The molecule has 2 atom stereocenters. The normalized spacial score (nSPS) is 12.2. The van der Waals surface area contributed by atoms with Crippen LogP contribution in [0, 0.1) is 5.92 Å². The van der Waals surface area contributed by atoms with Crippen LogP contribution in [0.1, 0.15) is 44.7 Å². The Labute approximate surface area is 223 Å². The summed E-state index contributed by atoms with van der Waals surface area (Å²) in [5.41, 5.74) is 1.60. The number of carbonyl (C=O) groups excluding carboxylic acids is 4. The van der Waals surface area contributed by atoms with Crippen molar-refractivity contribution in [3.63, 3.8) is 0 Å². The highest BCUT2D eigenvalue weighted by Gasteiger charge is 2.29. The molecular formula is C28H38N4O6. The van der Waals surface area contributed by atoms with Crippen molar-refractivity contribution in [3.05, 3.63) is 59.7 Å². The number of carbonyl (C=O) groups is 4. The zero-order valence-corrected chi connectivity index (χ0v) is 22.6. The average Bonchev–Trinajstić information content (AvgIpc) is 2.92. The fourth-order valence-electron chi connectivity index (χ4n) is 3.71. The van der Waals surface area contributed by atoms with Crippen molar-refractivity contribution >= 4 is 23.6 Å². The highest BCUT2D eigenvalue weighted by molar-refractivity contribution is 6.38. The molecule has 38 heavy (non-hydrogen) atoms. The van der Waals surface area contributed by atoms with E-state index in [1.807, 2.05) is 44.2 Å². The molecule has 206 valence electrons. The Morgan fingerprint density at radius 2 is 1.39 bits per heavy atom. The van der Waals surface area contributed by atoms with Crippen molar-refractivity contribution in [2.24, 2.45) is 5.92 Å². The van der Waals surface area contributed by atoms with Crippen LogP contribution in [-0.2, 0) is 27.5 Å². The Balaban J connectivity index is 1.97. The lowest BCUT2D eigenvalue weighted by Crippen LogP contribution is -2.55. The van der Waals surface area contributed by atoms with Crippen LogP contribution in [0.25, 0.3) is 0 Å². The summed E-state index contributed by atoms with van der Waals surface area (Å²) in [6.07, 6.45) is 0.568. The third-order valence-electron chi connectivity index (χ3n) is 5.75. The third kappa shape index (κ3) is 9.76. The average molecular weight is 527 g/mol. The van der Waals surface area contributed by atoms with Crippen LogP contribution in [0.15, 0.2) is 48.5 Å². The van der Waals surface area contributed by atoms with Gasteiger partial charge in [0.2, 0.25) is 11.7 Å². The smallest absolute Gasteiger partial charge is 0.315 e. The summed E-state index contributed by atoms with van der Waals surface area (Å²) in [4.78, 5) is 50.9. The highest BCUT2D eigenvalue weighted by Crippen LogP contribution is 2.22. The number of amides is 4. The van der Waals surface area contributed by atoms with Crippen molar-refractivity contribution in [2.75, 3.05) is 14.2 Å². The topological polar surface area (TPSA) is 135 Å². The maximum Gasteiger partial charge on any atom is 0.315 e. The van der Waals surface area contributed by atoms with Gasteiger partial charge in [-0.25, -0.2) is 4.79 Å². The molecule has 0 saturated carbocycles. The predicted molar refractivity (Wildman–Crippen MR) is 144 cm³/mol. The second kappa shape index (κ2) is 15.2. The first kappa shape index (κ1) is 30.1. The van der Waals surface area contributed by atoms with Crippen molar-refractivity contribution in [1.29, 1.82) is 0 Å². The number of hydrogen-bond acceptors (Lipinski definition) is 6. The lowest BCUT2D eigenvalue weighted by molar-refractivity contribution is -0.140. The second-order valence-corrected chi connectivity index (χ2v) is 9.23. The van der Waals surface area contributed by atoms with E-state index in [9.17, 15) is 19.2 Å². The van der Waals surface area contributed by atoms with Gasteiger partial charge in [0.25, 0.3) is 5.91 Å². The molecule has 0 aliphatic rings. The third-order valence-corrected chi connectivity index (χ3v) is 5.75. The van der Waals surface area contributed by atoms with E-state index < -0.39 is 35.7 Å². The summed E-state index contributed by atoms with van der Waals surface area (Å²) < 4.78 is 10.4. The van der Waals surface area contributed by atoms with Gasteiger partial charge in [-0.15, -0.1) is 0 Å². The molecule has 4 amide bonds. The number of rotatable bonds is 14. The second-order valence-electron chi connectivity index (χ2n) is 9.23. The lowest BCUT2D eigenvalue weighted by atomic mass is 10.0. The molecule has 2 aromatic carbocycles. The van der Waals surface area contributed by atoms with E-state index in [1.165, 1.54) is 14.2 Å². The van der Waals surface area contributed by atoms with E-state index in [1.54, 1.807) is 25.1 Å². The SMILES string of the molecule is CCC(NC(=O)[C@H](CC(C)C)NC(=O)NCc1ccccc1)C(=O)C(=O)NCc1cc(OC)cc(OC)c1. The molecule has 1 unspecified atom stereocenters. The Hall–Kier alpha value is -4.08. The highest BCUT2D eigenvalue weighted by atomic mass is 16.5. The maximum atomic E-state index is 13.0. The van der Waals surface area contributed by atoms with Gasteiger partial charge in [0.15, 0.2) is 0 Å². The molecule has 10 heteroatoms. The van der Waals surface area contributed by atoms with Crippen LogP contribution in [0.5, 0.6) is 11.5 Å². The zero-order valence-electron chi connectivity index (χ0n) is 22.6. The number of Topliss-reactive ketones (excluding diaryl/α,β-unsaturated/α-hetero) is 1. The lowest BCUT2D eigenvalue weighted by Gasteiger charge is -2.23. The summed E-state index contributed by atoms with van der Waals surface area (Å²) in [7, 11) is 3.03. The van der Waals surface area contributed by atoms with Crippen molar-refractivity contribution < 1.29 is 28.7 Å². The van der Waals surface area contributed by atoms with Gasteiger partial charge in [-0.1, -0.05) is 51.1 Å². The van der Waals surface area contributed by atoms with Crippen LogP contribution < -0.4 is 30.7 Å². The van der Waals surface area contributed by atoms with E-state index in [4.69, 9.17) is 9.47 Å². The minimum atomic E-state index is -1.04. The first-order valence-corrected chi connectivity index (χ1v) is 12.6. The van der Waals surface area contributed by atoms with Crippen LogP contribution in [-0.4, -0.2) is 49.9 Å². The summed E-state index contributed by atoms with van der Waals surface area (Å²) in [6.45, 7) is 5.92. The van der Waals surface area contributed by atoms with Crippen LogP contribution in [0.4, 0.5) is 4.79 Å². The molecule has 0 spiro atoms. The monoisotopic (exact) mass is 526 g/mol. The molecule has 0 saturated heterocycles. The largest absolute Gasteiger partial charge is 0.497 e. The number of urea groups is 1. The molecule has 0 radical (unpaired) electrons. The summed E-state index contributed by atoms with van der Waals surface area (Å²) >= 11 is 0. The van der Waals surface area contributed by atoms with Crippen molar-refractivity contribution in [2.45, 2.75) is 58.8 Å². The van der Waals surface area contributed by atoms with Crippen molar-refractivity contribution in [1.82, 2.24) is 21.3 Å². The molecule has 0 aromatic heterocycles.